The molecule has 3 nitrogen and oxygen atoms in total. The van der Waals surface area contributed by atoms with Crippen LogP contribution in [-0.4, -0.2) is 14.5 Å². The molecule has 0 fully saturated rings. The molecule has 3 heteroatoms. The second-order valence-corrected chi connectivity index (χ2v) is 11.9. The summed E-state index contributed by atoms with van der Waals surface area (Å²) in [5, 5.41) is 7.29. The van der Waals surface area contributed by atoms with E-state index in [0.717, 1.165) is 33.1 Å². The van der Waals surface area contributed by atoms with Gasteiger partial charge < -0.3 is 4.57 Å². The lowest BCUT2D eigenvalue weighted by atomic mass is 9.91. The predicted octanol–water partition coefficient (Wildman–Crippen LogP) is 10.5. The molecule has 2 atom stereocenters. The molecule has 0 radical (unpaired) electrons. The van der Waals surface area contributed by atoms with Crippen molar-refractivity contribution in [2.24, 2.45) is 5.92 Å². The molecule has 208 valence electrons. The number of hydrogen-bond donors (Lipinski definition) is 0. The van der Waals surface area contributed by atoms with Crippen molar-refractivity contribution in [1.82, 2.24) is 14.5 Å². The van der Waals surface area contributed by atoms with Gasteiger partial charge in [-0.2, -0.15) is 0 Å². The fourth-order valence-corrected chi connectivity index (χ4v) is 7.20. The first-order valence-corrected chi connectivity index (χ1v) is 15.3. The summed E-state index contributed by atoms with van der Waals surface area (Å²) in [6.07, 6.45) is 8.89. The summed E-state index contributed by atoms with van der Waals surface area (Å²) in [5.74, 6) is 0.258. The van der Waals surface area contributed by atoms with Crippen molar-refractivity contribution in [3.63, 3.8) is 0 Å². The Morgan fingerprint density at radius 2 is 1.20 bits per heavy atom. The Hall–Kier alpha value is -5.54. The van der Waals surface area contributed by atoms with Crippen LogP contribution in [0.2, 0.25) is 0 Å². The Labute approximate surface area is 255 Å². The molecule has 8 aromatic rings. The number of aromatic nitrogens is 3. The SMILES string of the molecule is CC1C=C(c2cnc3c4ccccc4c4ccccc4c3n2)C=CC1n1c2ccccc2c2cc(-c3ccccc3)ccc21. The number of fused-ring (bicyclic) bond motifs is 9. The second kappa shape index (κ2) is 9.75. The molecule has 0 N–H and O–H groups in total. The Morgan fingerprint density at radius 1 is 0.568 bits per heavy atom. The molecule has 1 aliphatic rings. The third kappa shape index (κ3) is 3.76. The number of allylic oxidation sites excluding steroid dienone is 4. The molecule has 9 rings (SSSR count). The summed E-state index contributed by atoms with van der Waals surface area (Å²) in [7, 11) is 0. The fourth-order valence-electron chi connectivity index (χ4n) is 7.20. The third-order valence-electron chi connectivity index (χ3n) is 9.29. The highest BCUT2D eigenvalue weighted by atomic mass is 15.0. The minimum atomic E-state index is 0.182. The van der Waals surface area contributed by atoms with Crippen LogP contribution in [-0.2, 0) is 0 Å². The molecule has 0 saturated carbocycles. The Kier molecular flexibility index (Phi) is 5.54. The van der Waals surface area contributed by atoms with Crippen LogP contribution >= 0.6 is 0 Å². The number of para-hydroxylation sites is 1. The average Bonchev–Trinajstić information content (AvgIpc) is 3.42. The quantitative estimate of drug-likeness (QED) is 0.200. The van der Waals surface area contributed by atoms with E-state index in [0.29, 0.717) is 0 Å². The van der Waals surface area contributed by atoms with Crippen molar-refractivity contribution in [3.8, 4) is 11.1 Å². The van der Waals surface area contributed by atoms with Crippen molar-refractivity contribution < 1.29 is 0 Å². The third-order valence-corrected chi connectivity index (χ3v) is 9.29. The monoisotopic (exact) mass is 563 g/mol. The maximum Gasteiger partial charge on any atom is 0.0979 e. The molecular formula is C41H29N3. The Morgan fingerprint density at radius 3 is 1.95 bits per heavy atom. The molecule has 0 spiro atoms. The highest BCUT2D eigenvalue weighted by Crippen LogP contribution is 2.40. The van der Waals surface area contributed by atoms with Gasteiger partial charge in [-0.15, -0.1) is 0 Å². The number of benzene rings is 6. The summed E-state index contributed by atoms with van der Waals surface area (Å²) >= 11 is 0. The van der Waals surface area contributed by atoms with E-state index in [2.05, 4.69) is 151 Å². The topological polar surface area (TPSA) is 30.7 Å². The predicted molar refractivity (Wildman–Crippen MR) is 185 cm³/mol. The first kappa shape index (κ1) is 25.0. The molecule has 0 bridgehead atoms. The molecule has 1 aliphatic carbocycles. The van der Waals surface area contributed by atoms with Gasteiger partial charge in [-0.1, -0.05) is 128 Å². The molecule has 0 amide bonds. The van der Waals surface area contributed by atoms with E-state index in [-0.39, 0.29) is 12.0 Å². The maximum absolute atomic E-state index is 5.25. The number of hydrogen-bond acceptors (Lipinski definition) is 2. The van der Waals surface area contributed by atoms with Gasteiger partial charge in [0.05, 0.1) is 29.0 Å². The average molecular weight is 564 g/mol. The number of nitrogens with zero attached hydrogens (tertiary/aromatic N) is 3. The van der Waals surface area contributed by atoms with E-state index in [1.165, 1.54) is 43.7 Å². The molecule has 2 unspecified atom stereocenters. The van der Waals surface area contributed by atoms with E-state index < -0.39 is 0 Å². The van der Waals surface area contributed by atoms with Crippen LogP contribution in [0.15, 0.2) is 146 Å². The molecule has 44 heavy (non-hydrogen) atoms. The highest BCUT2D eigenvalue weighted by Gasteiger charge is 2.24. The summed E-state index contributed by atoms with van der Waals surface area (Å²) in [5.41, 5.74) is 8.93. The number of rotatable bonds is 3. The smallest absolute Gasteiger partial charge is 0.0979 e. The zero-order chi connectivity index (χ0) is 29.2. The van der Waals surface area contributed by atoms with Gasteiger partial charge in [0.2, 0.25) is 0 Å². The van der Waals surface area contributed by atoms with Crippen molar-refractivity contribution in [1.29, 1.82) is 0 Å². The van der Waals surface area contributed by atoms with Gasteiger partial charge in [-0.25, -0.2) is 4.98 Å². The van der Waals surface area contributed by atoms with E-state index in [1.807, 2.05) is 6.20 Å². The first-order chi connectivity index (χ1) is 21.7. The molecule has 6 aromatic carbocycles. The van der Waals surface area contributed by atoms with Crippen LogP contribution in [0.1, 0.15) is 18.7 Å². The van der Waals surface area contributed by atoms with Crippen LogP contribution in [0.5, 0.6) is 0 Å². The lowest BCUT2D eigenvalue weighted by Crippen LogP contribution is -2.16. The van der Waals surface area contributed by atoms with E-state index >= 15 is 0 Å². The summed E-state index contributed by atoms with van der Waals surface area (Å²) in [6.45, 7) is 2.31. The van der Waals surface area contributed by atoms with Gasteiger partial charge in [-0.05, 0) is 51.6 Å². The van der Waals surface area contributed by atoms with Crippen molar-refractivity contribution in [3.05, 3.63) is 151 Å². The van der Waals surface area contributed by atoms with Crippen molar-refractivity contribution in [2.75, 3.05) is 0 Å². The molecular weight excluding hydrogens is 534 g/mol. The highest BCUT2D eigenvalue weighted by molar-refractivity contribution is 6.23. The van der Waals surface area contributed by atoms with Crippen LogP contribution < -0.4 is 0 Å². The van der Waals surface area contributed by atoms with Gasteiger partial charge in [0.15, 0.2) is 0 Å². The Balaban J connectivity index is 1.15. The zero-order valence-corrected chi connectivity index (χ0v) is 24.4. The van der Waals surface area contributed by atoms with E-state index in [4.69, 9.17) is 9.97 Å². The Bertz CT molecular complexity index is 2430. The van der Waals surface area contributed by atoms with Gasteiger partial charge in [0, 0.05) is 32.6 Å². The van der Waals surface area contributed by atoms with Gasteiger partial charge in [0.1, 0.15) is 0 Å². The van der Waals surface area contributed by atoms with Gasteiger partial charge in [0.25, 0.3) is 0 Å². The van der Waals surface area contributed by atoms with Crippen LogP contribution in [0.25, 0.3) is 71.1 Å². The largest absolute Gasteiger partial charge is 0.333 e. The first-order valence-electron chi connectivity index (χ1n) is 15.3. The minimum Gasteiger partial charge on any atom is -0.333 e. The lowest BCUT2D eigenvalue weighted by molar-refractivity contribution is 0.511. The van der Waals surface area contributed by atoms with E-state index in [1.54, 1.807) is 0 Å². The lowest BCUT2D eigenvalue weighted by Gasteiger charge is -2.26. The van der Waals surface area contributed by atoms with Crippen LogP contribution in [0.3, 0.4) is 0 Å². The van der Waals surface area contributed by atoms with Gasteiger partial charge >= 0.3 is 0 Å². The van der Waals surface area contributed by atoms with Crippen molar-refractivity contribution in [2.45, 2.75) is 13.0 Å². The fraction of sp³-hybridized carbons (Fsp3) is 0.0732. The summed E-state index contributed by atoms with van der Waals surface area (Å²) in [6, 6.07) is 43.6. The zero-order valence-electron chi connectivity index (χ0n) is 24.4. The molecule has 0 aliphatic heterocycles. The molecule has 2 aromatic heterocycles. The van der Waals surface area contributed by atoms with Gasteiger partial charge in [-0.3, -0.25) is 4.98 Å². The normalized spacial score (nSPS) is 16.8. The van der Waals surface area contributed by atoms with Crippen LogP contribution in [0.4, 0.5) is 0 Å². The van der Waals surface area contributed by atoms with Crippen molar-refractivity contribution >= 4 is 60.0 Å². The van der Waals surface area contributed by atoms with E-state index in [9.17, 15) is 0 Å². The standard InChI is InChI=1S/C41H29N3/c1-26-23-29(36-25-42-40-33-16-7-5-13-30(33)31-14-6-8-17-34(31)41(40)43-36)20-21-37(26)44-38-18-10-9-15-32(38)35-24-28(19-22-39(35)44)27-11-3-2-4-12-27/h2-26,37H,1H3. The summed E-state index contributed by atoms with van der Waals surface area (Å²) in [4.78, 5) is 10.3. The second-order valence-electron chi connectivity index (χ2n) is 11.9. The minimum absolute atomic E-state index is 0.182. The summed E-state index contributed by atoms with van der Waals surface area (Å²) < 4.78 is 2.51. The maximum atomic E-state index is 5.25. The van der Waals surface area contributed by atoms with Crippen LogP contribution in [0, 0.1) is 5.92 Å². The molecule has 2 heterocycles. The molecule has 0 saturated heterocycles.